The maximum atomic E-state index is 6.22. The summed E-state index contributed by atoms with van der Waals surface area (Å²) in [5.41, 5.74) is 8.15. The molecule has 0 saturated heterocycles. The second kappa shape index (κ2) is 5.84. The van der Waals surface area contributed by atoms with Crippen LogP contribution in [0.25, 0.3) is 0 Å². The molecule has 0 saturated carbocycles. The van der Waals surface area contributed by atoms with Crippen LogP contribution in [0.5, 0.6) is 5.75 Å². The number of hydrogen-bond donors (Lipinski definition) is 1. The number of nitrogens with zero attached hydrogens (tertiary/aromatic N) is 2. The van der Waals surface area contributed by atoms with E-state index in [2.05, 4.69) is 21.0 Å². The molecular formula is C13H15BrClN3O. The number of aryl methyl sites for hydroxylation is 2. The zero-order chi connectivity index (χ0) is 14.0. The average Bonchev–Trinajstić information content (AvgIpc) is 2.65. The minimum absolute atomic E-state index is 0.347. The summed E-state index contributed by atoms with van der Waals surface area (Å²) >= 11 is 9.58. The zero-order valence-electron chi connectivity index (χ0n) is 10.8. The fourth-order valence-corrected chi connectivity index (χ4v) is 2.37. The van der Waals surface area contributed by atoms with E-state index >= 15 is 0 Å². The third-order valence-electron chi connectivity index (χ3n) is 2.79. The molecule has 1 aromatic carbocycles. The first-order valence-corrected chi connectivity index (χ1v) is 7.09. The highest BCUT2D eigenvalue weighted by Crippen LogP contribution is 2.27. The summed E-state index contributed by atoms with van der Waals surface area (Å²) in [7, 11) is 0. The van der Waals surface area contributed by atoms with Gasteiger partial charge < -0.3 is 10.5 Å². The van der Waals surface area contributed by atoms with Crippen molar-refractivity contribution >= 4 is 33.2 Å². The fraction of sp³-hybridized carbons (Fsp3) is 0.308. The molecule has 4 nitrogen and oxygen atoms in total. The highest BCUT2D eigenvalue weighted by Gasteiger charge is 2.13. The van der Waals surface area contributed by atoms with Crippen LogP contribution in [0.2, 0.25) is 5.02 Å². The summed E-state index contributed by atoms with van der Waals surface area (Å²) < 4.78 is 8.48. The van der Waals surface area contributed by atoms with E-state index in [9.17, 15) is 0 Å². The van der Waals surface area contributed by atoms with Gasteiger partial charge in [-0.05, 0) is 32.0 Å². The van der Waals surface area contributed by atoms with Crippen molar-refractivity contribution in [2.75, 3.05) is 5.73 Å². The molecule has 1 aromatic heterocycles. The van der Waals surface area contributed by atoms with Gasteiger partial charge in [-0.2, -0.15) is 5.10 Å². The molecule has 19 heavy (non-hydrogen) atoms. The smallest absolute Gasteiger partial charge is 0.142 e. The highest BCUT2D eigenvalue weighted by atomic mass is 79.9. The fourth-order valence-electron chi connectivity index (χ4n) is 1.80. The van der Waals surface area contributed by atoms with Crippen molar-refractivity contribution in [2.24, 2.45) is 0 Å². The Bertz CT molecular complexity index is 598. The van der Waals surface area contributed by atoms with Crippen molar-refractivity contribution in [3.8, 4) is 5.75 Å². The lowest BCUT2D eigenvalue weighted by Crippen LogP contribution is -2.07. The van der Waals surface area contributed by atoms with E-state index < -0.39 is 0 Å². The number of hydrogen-bond acceptors (Lipinski definition) is 3. The maximum Gasteiger partial charge on any atom is 0.142 e. The van der Waals surface area contributed by atoms with Crippen molar-refractivity contribution in [3.63, 3.8) is 0 Å². The van der Waals surface area contributed by atoms with Gasteiger partial charge in [0.25, 0.3) is 0 Å². The Morgan fingerprint density at radius 3 is 2.84 bits per heavy atom. The van der Waals surface area contributed by atoms with E-state index in [-0.39, 0.29) is 0 Å². The SMILES string of the molecule is CCn1nc(C)c(Cl)c1COc1ccc(Br)cc1N. The van der Waals surface area contributed by atoms with Gasteiger partial charge in [-0.3, -0.25) is 4.68 Å². The van der Waals surface area contributed by atoms with Gasteiger partial charge >= 0.3 is 0 Å². The van der Waals surface area contributed by atoms with Gasteiger partial charge in [-0.1, -0.05) is 27.5 Å². The molecule has 0 aliphatic heterocycles. The van der Waals surface area contributed by atoms with Gasteiger partial charge in [0.2, 0.25) is 0 Å². The second-order valence-corrected chi connectivity index (χ2v) is 5.43. The number of benzene rings is 1. The van der Waals surface area contributed by atoms with E-state index in [1.54, 1.807) is 6.07 Å². The van der Waals surface area contributed by atoms with Crippen LogP contribution in [0.1, 0.15) is 18.3 Å². The van der Waals surface area contributed by atoms with Crippen LogP contribution < -0.4 is 10.5 Å². The molecule has 0 unspecified atom stereocenters. The van der Waals surface area contributed by atoms with E-state index in [0.717, 1.165) is 22.4 Å². The minimum Gasteiger partial charge on any atom is -0.485 e. The normalized spacial score (nSPS) is 10.7. The predicted octanol–water partition coefficient (Wildman–Crippen LogP) is 3.79. The third-order valence-corrected chi connectivity index (χ3v) is 3.77. The Balaban J connectivity index is 2.18. The van der Waals surface area contributed by atoms with E-state index in [4.69, 9.17) is 22.1 Å². The van der Waals surface area contributed by atoms with E-state index in [1.165, 1.54) is 0 Å². The molecule has 0 spiro atoms. The van der Waals surface area contributed by atoms with Gasteiger partial charge in [0.05, 0.1) is 22.1 Å². The van der Waals surface area contributed by atoms with Crippen molar-refractivity contribution in [3.05, 3.63) is 39.1 Å². The molecular weight excluding hydrogens is 330 g/mol. The molecule has 0 fully saturated rings. The molecule has 0 amide bonds. The standard InChI is InChI=1S/C13H15BrClN3O/c1-3-18-11(13(15)8(2)17-18)7-19-12-5-4-9(14)6-10(12)16/h4-6H,3,7,16H2,1-2H3. The molecule has 102 valence electrons. The summed E-state index contributed by atoms with van der Waals surface area (Å²) in [5, 5.41) is 4.99. The Labute approximate surface area is 125 Å². The lowest BCUT2D eigenvalue weighted by molar-refractivity contribution is 0.294. The zero-order valence-corrected chi connectivity index (χ0v) is 13.1. The highest BCUT2D eigenvalue weighted by molar-refractivity contribution is 9.10. The van der Waals surface area contributed by atoms with Crippen LogP contribution in [0, 0.1) is 6.92 Å². The number of nitrogens with two attached hydrogens (primary N) is 1. The Kier molecular flexibility index (Phi) is 4.37. The first-order chi connectivity index (χ1) is 9.02. The number of ether oxygens (including phenoxy) is 1. The van der Waals surface area contributed by atoms with Crippen molar-refractivity contribution < 1.29 is 4.74 Å². The van der Waals surface area contributed by atoms with Gasteiger partial charge in [0.15, 0.2) is 0 Å². The topological polar surface area (TPSA) is 53.1 Å². The average molecular weight is 345 g/mol. The molecule has 2 rings (SSSR count). The number of anilines is 1. The first-order valence-electron chi connectivity index (χ1n) is 5.92. The number of aromatic nitrogens is 2. The molecule has 0 aliphatic rings. The summed E-state index contributed by atoms with van der Waals surface area (Å²) in [6.07, 6.45) is 0. The van der Waals surface area contributed by atoms with Crippen LogP contribution in [-0.2, 0) is 13.2 Å². The first kappa shape index (κ1) is 14.2. The lowest BCUT2D eigenvalue weighted by atomic mass is 10.3. The Morgan fingerprint density at radius 2 is 2.21 bits per heavy atom. The largest absolute Gasteiger partial charge is 0.485 e. The van der Waals surface area contributed by atoms with E-state index in [0.29, 0.717) is 23.1 Å². The summed E-state index contributed by atoms with van der Waals surface area (Å²) in [6.45, 7) is 4.99. The summed E-state index contributed by atoms with van der Waals surface area (Å²) in [6, 6.07) is 5.52. The predicted molar refractivity (Wildman–Crippen MR) is 80.5 cm³/mol. The quantitative estimate of drug-likeness (QED) is 0.859. The van der Waals surface area contributed by atoms with Crippen molar-refractivity contribution in [1.82, 2.24) is 9.78 Å². The molecule has 0 aliphatic carbocycles. The van der Waals surface area contributed by atoms with Crippen LogP contribution in [0.3, 0.4) is 0 Å². The summed E-state index contributed by atoms with van der Waals surface area (Å²) in [5.74, 6) is 0.640. The molecule has 0 radical (unpaired) electrons. The van der Waals surface area contributed by atoms with Gasteiger partial charge in [-0.25, -0.2) is 0 Å². The molecule has 6 heteroatoms. The lowest BCUT2D eigenvalue weighted by Gasteiger charge is -2.10. The molecule has 2 N–H and O–H groups in total. The Morgan fingerprint density at radius 1 is 1.47 bits per heavy atom. The number of halogens is 2. The van der Waals surface area contributed by atoms with Crippen LogP contribution in [0.4, 0.5) is 5.69 Å². The van der Waals surface area contributed by atoms with Gasteiger partial charge in [-0.15, -0.1) is 0 Å². The number of nitrogen functional groups attached to an aromatic ring is 1. The Hall–Kier alpha value is -1.20. The number of rotatable bonds is 4. The molecule has 1 heterocycles. The van der Waals surface area contributed by atoms with Crippen LogP contribution >= 0.6 is 27.5 Å². The monoisotopic (exact) mass is 343 g/mol. The van der Waals surface area contributed by atoms with Gasteiger partial charge in [0.1, 0.15) is 12.4 Å². The molecule has 2 aromatic rings. The van der Waals surface area contributed by atoms with Crippen LogP contribution in [0.15, 0.2) is 22.7 Å². The van der Waals surface area contributed by atoms with Crippen LogP contribution in [-0.4, -0.2) is 9.78 Å². The third kappa shape index (κ3) is 3.04. The molecule has 0 bridgehead atoms. The second-order valence-electron chi connectivity index (χ2n) is 4.13. The minimum atomic E-state index is 0.347. The maximum absolute atomic E-state index is 6.22. The summed E-state index contributed by atoms with van der Waals surface area (Å²) in [4.78, 5) is 0. The molecule has 0 atom stereocenters. The van der Waals surface area contributed by atoms with Gasteiger partial charge in [0, 0.05) is 11.0 Å². The van der Waals surface area contributed by atoms with Crippen molar-refractivity contribution in [2.45, 2.75) is 27.0 Å². The van der Waals surface area contributed by atoms with E-state index in [1.807, 2.05) is 30.7 Å². The van der Waals surface area contributed by atoms with Crippen molar-refractivity contribution in [1.29, 1.82) is 0 Å².